The molecule has 6 nitrogen and oxygen atoms in total. The molecule has 7 heteroatoms. The molecule has 0 atom stereocenters. The second-order valence-corrected chi connectivity index (χ2v) is 1.87. The lowest BCUT2D eigenvalue weighted by Gasteiger charge is -1.90. The highest BCUT2D eigenvalue weighted by Gasteiger charge is 2.15. The van der Waals surface area contributed by atoms with Crippen molar-refractivity contribution < 1.29 is 14.6 Å². The van der Waals surface area contributed by atoms with Crippen LogP contribution in [0.2, 0.25) is 0 Å². The molecule has 0 saturated carbocycles. The Morgan fingerprint density at radius 3 is 3.00 bits per heavy atom. The van der Waals surface area contributed by atoms with Crippen LogP contribution in [0.3, 0.4) is 0 Å². The van der Waals surface area contributed by atoms with Gasteiger partial charge in [0, 0.05) is 0 Å². The first kappa shape index (κ1) is 7.80. The number of nitrogens with zero attached hydrogens (tertiary/aromatic N) is 3. The van der Waals surface area contributed by atoms with Crippen LogP contribution < -0.4 is 4.74 Å². The summed E-state index contributed by atoms with van der Waals surface area (Å²) in [6.45, 7) is 0. The Labute approximate surface area is 66.4 Å². The van der Waals surface area contributed by atoms with Crippen LogP contribution >= 0.6 is 11.6 Å². The van der Waals surface area contributed by atoms with E-state index in [0.717, 1.165) is 0 Å². The largest absolute Gasteiger partial charge is 0.477 e. The molecular formula is C4H4ClN3O3. The van der Waals surface area contributed by atoms with Gasteiger partial charge in [-0.1, -0.05) is 16.8 Å². The van der Waals surface area contributed by atoms with E-state index in [-0.39, 0.29) is 16.7 Å². The summed E-state index contributed by atoms with van der Waals surface area (Å²) in [7, 11) is 1.37. The van der Waals surface area contributed by atoms with Crippen molar-refractivity contribution in [3.63, 3.8) is 0 Å². The van der Waals surface area contributed by atoms with Gasteiger partial charge in [-0.05, 0) is 10.3 Å². The van der Waals surface area contributed by atoms with Crippen molar-refractivity contribution in [2.75, 3.05) is 7.11 Å². The second kappa shape index (κ2) is 3.20. The molecule has 1 aromatic heterocycles. The fourth-order valence-electron chi connectivity index (χ4n) is 0.488. The van der Waals surface area contributed by atoms with Crippen molar-refractivity contribution in [2.24, 2.45) is 5.16 Å². The van der Waals surface area contributed by atoms with E-state index in [2.05, 4.69) is 24.8 Å². The van der Waals surface area contributed by atoms with Crippen LogP contribution in [-0.2, 0) is 0 Å². The topological polar surface area (TPSA) is 80.7 Å². The molecule has 0 radical (unpaired) electrons. The maximum absolute atomic E-state index is 8.22. The fraction of sp³-hybridized carbons (Fsp3) is 0.250. The van der Waals surface area contributed by atoms with Crippen LogP contribution in [0.25, 0.3) is 0 Å². The average molecular weight is 178 g/mol. The third kappa shape index (κ3) is 1.40. The zero-order valence-corrected chi connectivity index (χ0v) is 6.24. The van der Waals surface area contributed by atoms with Gasteiger partial charge in [0.1, 0.15) is 0 Å². The molecule has 1 N–H and O–H groups in total. The molecule has 11 heavy (non-hydrogen) atoms. The van der Waals surface area contributed by atoms with Gasteiger partial charge in [-0.3, -0.25) is 0 Å². The lowest BCUT2D eigenvalue weighted by atomic mass is 10.5. The highest BCUT2D eigenvalue weighted by Crippen LogP contribution is 2.14. The standard InChI is InChI=1S/C4H4ClN3O3/c1-10-4-2(3(5)6-9)7-11-8-4/h9H,1H3. The lowest BCUT2D eigenvalue weighted by Crippen LogP contribution is -1.95. The molecule has 0 aliphatic heterocycles. The number of methoxy groups -OCH3 is 1. The van der Waals surface area contributed by atoms with Crippen molar-refractivity contribution >= 4 is 16.8 Å². The molecule has 0 aliphatic rings. The van der Waals surface area contributed by atoms with E-state index >= 15 is 0 Å². The normalized spacial score (nSPS) is 11.6. The quantitative estimate of drug-likeness (QED) is 0.403. The minimum Gasteiger partial charge on any atom is -0.477 e. The molecule has 0 spiro atoms. The van der Waals surface area contributed by atoms with E-state index in [9.17, 15) is 0 Å². The molecule has 0 amide bonds. The van der Waals surface area contributed by atoms with Gasteiger partial charge < -0.3 is 9.94 Å². The Hall–Kier alpha value is -1.30. The minimum absolute atomic E-state index is 0.0664. The van der Waals surface area contributed by atoms with Crippen LogP contribution in [0.1, 0.15) is 5.69 Å². The Kier molecular flexibility index (Phi) is 2.27. The maximum atomic E-state index is 8.22. The summed E-state index contributed by atoms with van der Waals surface area (Å²) in [5.74, 6) is 0.0767. The second-order valence-electron chi connectivity index (χ2n) is 1.51. The first-order valence-electron chi connectivity index (χ1n) is 2.54. The molecule has 1 heterocycles. The molecule has 0 unspecified atom stereocenters. The van der Waals surface area contributed by atoms with Crippen molar-refractivity contribution in [1.29, 1.82) is 0 Å². The predicted molar refractivity (Wildman–Crippen MR) is 35.0 cm³/mol. The summed E-state index contributed by atoms with van der Waals surface area (Å²) in [6, 6.07) is 0. The number of oxime groups is 1. The summed E-state index contributed by atoms with van der Waals surface area (Å²) < 4.78 is 8.92. The number of rotatable bonds is 2. The predicted octanol–water partition coefficient (Wildman–Crippen LogP) is 0.453. The number of hydrogen-bond acceptors (Lipinski definition) is 6. The van der Waals surface area contributed by atoms with Crippen LogP contribution in [0.15, 0.2) is 9.78 Å². The molecule has 0 bridgehead atoms. The van der Waals surface area contributed by atoms with E-state index in [1.54, 1.807) is 0 Å². The van der Waals surface area contributed by atoms with Gasteiger partial charge >= 0.3 is 0 Å². The van der Waals surface area contributed by atoms with Gasteiger partial charge in [-0.25, -0.2) is 4.63 Å². The van der Waals surface area contributed by atoms with E-state index in [1.807, 2.05) is 0 Å². The van der Waals surface area contributed by atoms with Gasteiger partial charge in [0.2, 0.25) is 10.9 Å². The SMILES string of the molecule is COc1nonc1C(Cl)=NO. The Morgan fingerprint density at radius 2 is 2.45 bits per heavy atom. The lowest BCUT2D eigenvalue weighted by molar-refractivity contribution is 0.281. The Morgan fingerprint density at radius 1 is 1.73 bits per heavy atom. The molecule has 0 aromatic carbocycles. The average Bonchev–Trinajstić information content (AvgIpc) is 2.50. The summed E-state index contributed by atoms with van der Waals surface area (Å²) in [6.07, 6.45) is 0. The summed E-state index contributed by atoms with van der Waals surface area (Å²) in [4.78, 5) is 0. The van der Waals surface area contributed by atoms with Gasteiger partial charge in [-0.2, -0.15) is 0 Å². The molecule has 1 rings (SSSR count). The van der Waals surface area contributed by atoms with Crippen LogP contribution in [0.5, 0.6) is 5.88 Å². The summed E-state index contributed by atoms with van der Waals surface area (Å²) >= 11 is 5.37. The van der Waals surface area contributed by atoms with E-state index in [4.69, 9.17) is 16.8 Å². The third-order valence-corrected chi connectivity index (χ3v) is 1.19. The smallest absolute Gasteiger partial charge is 0.286 e. The maximum Gasteiger partial charge on any atom is 0.286 e. The third-order valence-electron chi connectivity index (χ3n) is 0.935. The zero-order chi connectivity index (χ0) is 8.27. The minimum atomic E-state index is -0.233. The molecule has 0 aliphatic carbocycles. The number of halogens is 1. The van der Waals surface area contributed by atoms with Gasteiger partial charge in [0.15, 0.2) is 0 Å². The first-order valence-corrected chi connectivity index (χ1v) is 2.92. The van der Waals surface area contributed by atoms with E-state index in [1.165, 1.54) is 7.11 Å². The molecule has 0 fully saturated rings. The highest BCUT2D eigenvalue weighted by atomic mass is 35.5. The van der Waals surface area contributed by atoms with Gasteiger partial charge in [0.25, 0.3) is 5.88 Å². The molecular weight excluding hydrogens is 174 g/mol. The number of hydrogen-bond donors (Lipinski definition) is 1. The van der Waals surface area contributed by atoms with Crippen LogP contribution in [0, 0.1) is 0 Å². The van der Waals surface area contributed by atoms with Crippen molar-refractivity contribution in [3.8, 4) is 5.88 Å². The van der Waals surface area contributed by atoms with Gasteiger partial charge in [-0.15, -0.1) is 0 Å². The number of aromatic nitrogens is 2. The van der Waals surface area contributed by atoms with E-state index in [0.29, 0.717) is 0 Å². The fourth-order valence-corrected chi connectivity index (χ4v) is 0.603. The van der Waals surface area contributed by atoms with Crippen molar-refractivity contribution in [1.82, 2.24) is 10.3 Å². The van der Waals surface area contributed by atoms with Crippen LogP contribution in [0.4, 0.5) is 0 Å². The van der Waals surface area contributed by atoms with Crippen molar-refractivity contribution in [3.05, 3.63) is 5.69 Å². The first-order chi connectivity index (χ1) is 5.29. The molecule has 60 valence electrons. The Bertz CT molecular complexity index is 271. The Balaban J connectivity index is 3.02. The number of ether oxygens (including phenoxy) is 1. The highest BCUT2D eigenvalue weighted by molar-refractivity contribution is 6.69. The summed E-state index contributed by atoms with van der Waals surface area (Å²) in [5, 5.41) is 17.3. The van der Waals surface area contributed by atoms with Gasteiger partial charge in [0.05, 0.1) is 7.11 Å². The van der Waals surface area contributed by atoms with E-state index < -0.39 is 0 Å². The van der Waals surface area contributed by atoms with Crippen molar-refractivity contribution in [2.45, 2.75) is 0 Å². The molecule has 1 aromatic rings. The summed E-state index contributed by atoms with van der Waals surface area (Å²) in [5.41, 5.74) is 0.0664. The monoisotopic (exact) mass is 177 g/mol. The van der Waals surface area contributed by atoms with Crippen LogP contribution in [-0.4, -0.2) is 27.8 Å². The molecule has 0 saturated heterocycles. The zero-order valence-electron chi connectivity index (χ0n) is 5.48.